The fraction of sp³-hybridized carbons (Fsp3) is 0.500. The molecule has 0 aliphatic rings. The Morgan fingerprint density at radius 3 is 2.79 bits per heavy atom. The number of aromatic nitrogens is 1. The second-order valence-electron chi connectivity index (χ2n) is 3.17. The number of nitrogens with two attached hydrogens (primary N) is 2. The smallest absolute Gasteiger partial charge is 0.212 e. The maximum Gasteiger partial charge on any atom is 0.212 e. The van der Waals surface area contributed by atoms with Gasteiger partial charge in [0, 0.05) is 18.3 Å². The van der Waals surface area contributed by atoms with Gasteiger partial charge < -0.3 is 16.2 Å². The summed E-state index contributed by atoms with van der Waals surface area (Å²) in [5.74, 6) is 0.611. The summed E-state index contributed by atoms with van der Waals surface area (Å²) in [7, 11) is 1.59. The van der Waals surface area contributed by atoms with E-state index in [1.165, 1.54) is 0 Å². The number of nitrogens with zero attached hydrogens (tertiary/aromatic N) is 1. The normalized spacial score (nSPS) is 12.5. The van der Waals surface area contributed by atoms with Gasteiger partial charge in [-0.1, -0.05) is 6.07 Å². The number of hydrogen-bond acceptors (Lipinski definition) is 4. The molecule has 0 fully saturated rings. The monoisotopic (exact) mass is 195 g/mol. The van der Waals surface area contributed by atoms with Crippen LogP contribution < -0.4 is 16.2 Å². The van der Waals surface area contributed by atoms with Crippen LogP contribution in [-0.4, -0.2) is 18.6 Å². The zero-order valence-corrected chi connectivity index (χ0v) is 8.44. The van der Waals surface area contributed by atoms with Crippen molar-refractivity contribution in [3.63, 3.8) is 0 Å². The van der Waals surface area contributed by atoms with Crippen LogP contribution in [0.4, 0.5) is 0 Å². The van der Waals surface area contributed by atoms with Crippen molar-refractivity contribution in [1.29, 1.82) is 0 Å². The van der Waals surface area contributed by atoms with E-state index in [9.17, 15) is 0 Å². The van der Waals surface area contributed by atoms with Crippen molar-refractivity contribution in [3.05, 3.63) is 23.9 Å². The van der Waals surface area contributed by atoms with E-state index in [-0.39, 0.29) is 6.04 Å². The van der Waals surface area contributed by atoms with Crippen LogP contribution in [0.3, 0.4) is 0 Å². The third-order valence-electron chi connectivity index (χ3n) is 2.12. The zero-order chi connectivity index (χ0) is 10.4. The zero-order valence-electron chi connectivity index (χ0n) is 8.44. The number of pyridine rings is 1. The van der Waals surface area contributed by atoms with Crippen molar-refractivity contribution in [3.8, 4) is 5.88 Å². The predicted molar refractivity (Wildman–Crippen MR) is 56.0 cm³/mol. The molecule has 1 aromatic rings. The van der Waals surface area contributed by atoms with E-state index in [4.69, 9.17) is 16.2 Å². The topological polar surface area (TPSA) is 74.2 Å². The molecule has 4 N–H and O–H groups in total. The summed E-state index contributed by atoms with van der Waals surface area (Å²) in [4.78, 5) is 4.09. The van der Waals surface area contributed by atoms with Crippen LogP contribution in [0.1, 0.15) is 24.4 Å². The Labute approximate surface area is 84.3 Å². The first-order chi connectivity index (χ1) is 6.77. The Balaban J connectivity index is 2.57. The van der Waals surface area contributed by atoms with Crippen LogP contribution in [-0.2, 0) is 0 Å². The van der Waals surface area contributed by atoms with Crippen LogP contribution in [0.25, 0.3) is 0 Å². The van der Waals surface area contributed by atoms with E-state index in [1.54, 1.807) is 13.3 Å². The average Bonchev–Trinajstić information content (AvgIpc) is 2.26. The Kier molecular flexibility index (Phi) is 4.35. The lowest BCUT2D eigenvalue weighted by atomic mass is 10.1. The van der Waals surface area contributed by atoms with Gasteiger partial charge >= 0.3 is 0 Å². The van der Waals surface area contributed by atoms with E-state index in [1.807, 2.05) is 12.1 Å². The largest absolute Gasteiger partial charge is 0.481 e. The van der Waals surface area contributed by atoms with Gasteiger partial charge in [0.2, 0.25) is 5.88 Å². The summed E-state index contributed by atoms with van der Waals surface area (Å²) in [6, 6.07) is 3.78. The molecular formula is C10H17N3O. The van der Waals surface area contributed by atoms with Gasteiger partial charge in [0.15, 0.2) is 0 Å². The van der Waals surface area contributed by atoms with Crippen molar-refractivity contribution in [2.75, 3.05) is 13.7 Å². The molecule has 0 radical (unpaired) electrons. The molecule has 0 saturated heterocycles. The van der Waals surface area contributed by atoms with Gasteiger partial charge in [-0.2, -0.15) is 0 Å². The molecule has 4 nitrogen and oxygen atoms in total. The summed E-state index contributed by atoms with van der Waals surface area (Å²) in [5.41, 5.74) is 12.4. The highest BCUT2D eigenvalue weighted by molar-refractivity contribution is 5.20. The first kappa shape index (κ1) is 10.9. The third kappa shape index (κ3) is 2.97. The minimum Gasteiger partial charge on any atom is -0.481 e. The lowest BCUT2D eigenvalue weighted by Gasteiger charge is -2.10. The average molecular weight is 195 g/mol. The van der Waals surface area contributed by atoms with Crippen molar-refractivity contribution >= 4 is 0 Å². The maximum atomic E-state index is 5.94. The second kappa shape index (κ2) is 5.57. The molecule has 0 bridgehead atoms. The Morgan fingerprint density at radius 2 is 2.29 bits per heavy atom. The summed E-state index contributed by atoms with van der Waals surface area (Å²) >= 11 is 0. The molecule has 0 spiro atoms. The number of rotatable bonds is 5. The molecule has 0 aliphatic heterocycles. The van der Waals surface area contributed by atoms with Crippen LogP contribution >= 0.6 is 0 Å². The van der Waals surface area contributed by atoms with Crippen molar-refractivity contribution in [1.82, 2.24) is 4.98 Å². The van der Waals surface area contributed by atoms with Crippen LogP contribution in [0.2, 0.25) is 0 Å². The molecule has 4 heteroatoms. The summed E-state index contributed by atoms with van der Waals surface area (Å²) in [6.07, 6.45) is 3.58. The molecule has 14 heavy (non-hydrogen) atoms. The molecule has 0 aliphatic carbocycles. The molecule has 0 amide bonds. The maximum absolute atomic E-state index is 5.94. The van der Waals surface area contributed by atoms with Crippen molar-refractivity contribution in [2.45, 2.75) is 18.9 Å². The minimum atomic E-state index is 0.0250. The predicted octanol–water partition coefficient (Wildman–Crippen LogP) is 0.829. The van der Waals surface area contributed by atoms with Crippen LogP contribution in [0.5, 0.6) is 5.88 Å². The molecule has 0 aromatic carbocycles. The number of ether oxygens (including phenoxy) is 1. The van der Waals surface area contributed by atoms with E-state index >= 15 is 0 Å². The van der Waals surface area contributed by atoms with Gasteiger partial charge in [0.25, 0.3) is 0 Å². The second-order valence-corrected chi connectivity index (χ2v) is 3.17. The number of methoxy groups -OCH3 is 1. The summed E-state index contributed by atoms with van der Waals surface area (Å²) in [6.45, 7) is 0.678. The van der Waals surface area contributed by atoms with E-state index in [0.29, 0.717) is 12.4 Å². The molecule has 0 unspecified atom stereocenters. The standard InChI is InChI=1S/C10H17N3O/c1-14-10-5-4-8(7-13-10)9(12)3-2-6-11/h4-5,7,9H,2-3,6,11-12H2,1H3/t9-/m0/s1. The van der Waals surface area contributed by atoms with Gasteiger partial charge in [0.05, 0.1) is 7.11 Å². The molecule has 1 rings (SSSR count). The molecular weight excluding hydrogens is 178 g/mol. The highest BCUT2D eigenvalue weighted by Crippen LogP contribution is 2.16. The minimum absolute atomic E-state index is 0.0250. The molecule has 1 heterocycles. The van der Waals surface area contributed by atoms with Gasteiger partial charge in [-0.3, -0.25) is 0 Å². The van der Waals surface area contributed by atoms with Crippen LogP contribution in [0, 0.1) is 0 Å². The summed E-state index contributed by atoms with van der Waals surface area (Å²) < 4.78 is 4.96. The highest BCUT2D eigenvalue weighted by Gasteiger charge is 2.05. The van der Waals surface area contributed by atoms with Crippen molar-refractivity contribution in [2.24, 2.45) is 11.5 Å². The number of hydrogen-bond donors (Lipinski definition) is 2. The van der Waals surface area contributed by atoms with Crippen molar-refractivity contribution < 1.29 is 4.74 Å². The highest BCUT2D eigenvalue weighted by atomic mass is 16.5. The Bertz CT molecular complexity index is 261. The Hall–Kier alpha value is -1.13. The van der Waals surface area contributed by atoms with E-state index < -0.39 is 0 Å². The molecule has 1 atom stereocenters. The van der Waals surface area contributed by atoms with Gasteiger partial charge in [-0.15, -0.1) is 0 Å². The fourth-order valence-electron chi connectivity index (χ4n) is 1.24. The molecule has 78 valence electrons. The summed E-state index contributed by atoms with van der Waals surface area (Å²) in [5, 5.41) is 0. The lowest BCUT2D eigenvalue weighted by molar-refractivity contribution is 0.397. The SMILES string of the molecule is COc1ccc([C@@H](N)CCCN)cn1. The first-order valence-electron chi connectivity index (χ1n) is 4.73. The third-order valence-corrected chi connectivity index (χ3v) is 2.12. The van der Waals surface area contributed by atoms with Crippen LogP contribution in [0.15, 0.2) is 18.3 Å². The first-order valence-corrected chi connectivity index (χ1v) is 4.73. The fourth-order valence-corrected chi connectivity index (χ4v) is 1.24. The van der Waals surface area contributed by atoms with E-state index in [2.05, 4.69) is 4.98 Å². The van der Waals surface area contributed by atoms with Gasteiger partial charge in [-0.05, 0) is 24.9 Å². The van der Waals surface area contributed by atoms with Gasteiger partial charge in [0.1, 0.15) is 0 Å². The van der Waals surface area contributed by atoms with Gasteiger partial charge in [-0.25, -0.2) is 4.98 Å². The lowest BCUT2D eigenvalue weighted by Crippen LogP contribution is -2.12. The molecule has 1 aromatic heterocycles. The molecule has 0 saturated carbocycles. The quantitative estimate of drug-likeness (QED) is 0.729. The Morgan fingerprint density at radius 1 is 1.50 bits per heavy atom. The van der Waals surface area contributed by atoms with E-state index in [0.717, 1.165) is 18.4 Å².